The van der Waals surface area contributed by atoms with Crippen LogP contribution in [0.1, 0.15) is 21.5 Å². The number of ether oxygens (including phenoxy) is 1. The number of halogens is 1. The highest BCUT2D eigenvalue weighted by molar-refractivity contribution is 14.1. The SMILES string of the molecule is O=C(/C=C/c1ccccc1)Oc1ccc(/C=N/NC(=O)c2ccccc2I)cc1. The zero-order valence-electron chi connectivity index (χ0n) is 15.3. The van der Waals surface area contributed by atoms with Gasteiger partial charge in [0, 0.05) is 9.65 Å². The molecule has 5 nitrogen and oxygen atoms in total. The number of carbonyl (C=O) groups is 2. The molecular formula is C23H17IN2O3. The number of amides is 1. The van der Waals surface area contributed by atoms with Crippen LogP contribution in [0.15, 0.2) is 90.0 Å². The normalized spacial score (nSPS) is 10.9. The van der Waals surface area contributed by atoms with E-state index >= 15 is 0 Å². The Bertz CT molecular complexity index is 1050. The van der Waals surface area contributed by atoms with Crippen molar-refractivity contribution in [2.45, 2.75) is 0 Å². The second kappa shape index (κ2) is 10.3. The zero-order valence-corrected chi connectivity index (χ0v) is 17.4. The van der Waals surface area contributed by atoms with Gasteiger partial charge >= 0.3 is 5.97 Å². The number of hydrazone groups is 1. The van der Waals surface area contributed by atoms with Crippen LogP contribution in [-0.4, -0.2) is 18.1 Å². The lowest BCUT2D eigenvalue weighted by molar-refractivity contribution is -0.128. The largest absolute Gasteiger partial charge is 0.423 e. The molecule has 0 bridgehead atoms. The molecule has 0 saturated carbocycles. The fraction of sp³-hybridized carbons (Fsp3) is 0. The Morgan fingerprint density at radius 2 is 1.55 bits per heavy atom. The van der Waals surface area contributed by atoms with Crippen LogP contribution in [0.25, 0.3) is 6.08 Å². The van der Waals surface area contributed by atoms with Gasteiger partial charge in [-0.3, -0.25) is 4.79 Å². The third-order valence-electron chi connectivity index (χ3n) is 3.81. The first-order chi connectivity index (χ1) is 14.1. The van der Waals surface area contributed by atoms with E-state index in [1.165, 1.54) is 12.3 Å². The Balaban J connectivity index is 1.52. The Kier molecular flexibility index (Phi) is 7.29. The fourth-order valence-electron chi connectivity index (χ4n) is 2.37. The first-order valence-electron chi connectivity index (χ1n) is 8.75. The van der Waals surface area contributed by atoms with Gasteiger partial charge in [0.15, 0.2) is 0 Å². The molecule has 0 saturated heterocycles. The van der Waals surface area contributed by atoms with E-state index in [9.17, 15) is 9.59 Å². The Morgan fingerprint density at radius 3 is 2.28 bits per heavy atom. The van der Waals surface area contributed by atoms with Crippen LogP contribution < -0.4 is 10.2 Å². The molecule has 0 radical (unpaired) electrons. The Labute approximate surface area is 182 Å². The second-order valence-electron chi connectivity index (χ2n) is 5.91. The van der Waals surface area contributed by atoms with E-state index in [0.29, 0.717) is 11.3 Å². The maximum absolute atomic E-state index is 12.1. The predicted molar refractivity (Wildman–Crippen MR) is 122 cm³/mol. The Morgan fingerprint density at radius 1 is 0.862 bits per heavy atom. The van der Waals surface area contributed by atoms with Gasteiger partial charge in [-0.1, -0.05) is 42.5 Å². The van der Waals surface area contributed by atoms with Crippen LogP contribution in [0.4, 0.5) is 0 Å². The van der Waals surface area contributed by atoms with Crippen molar-refractivity contribution < 1.29 is 14.3 Å². The summed E-state index contributed by atoms with van der Waals surface area (Å²) < 4.78 is 6.12. The van der Waals surface area contributed by atoms with E-state index in [1.54, 1.807) is 42.5 Å². The van der Waals surface area contributed by atoms with Crippen molar-refractivity contribution in [2.24, 2.45) is 5.10 Å². The third-order valence-corrected chi connectivity index (χ3v) is 4.75. The minimum Gasteiger partial charge on any atom is -0.423 e. The number of nitrogens with zero attached hydrogens (tertiary/aromatic N) is 1. The number of hydrogen-bond donors (Lipinski definition) is 1. The van der Waals surface area contributed by atoms with Crippen LogP contribution in [0.3, 0.4) is 0 Å². The van der Waals surface area contributed by atoms with Gasteiger partial charge in [-0.15, -0.1) is 0 Å². The van der Waals surface area contributed by atoms with Crippen LogP contribution in [0.2, 0.25) is 0 Å². The molecule has 0 unspecified atom stereocenters. The van der Waals surface area contributed by atoms with Gasteiger partial charge in [0.05, 0.1) is 11.8 Å². The van der Waals surface area contributed by atoms with Gasteiger partial charge in [0.1, 0.15) is 5.75 Å². The molecule has 1 N–H and O–H groups in total. The third kappa shape index (κ3) is 6.39. The minimum absolute atomic E-state index is 0.276. The van der Waals surface area contributed by atoms with Crippen molar-refractivity contribution in [2.75, 3.05) is 0 Å². The monoisotopic (exact) mass is 496 g/mol. The number of nitrogens with one attached hydrogen (secondary N) is 1. The first kappa shape index (κ1) is 20.5. The van der Waals surface area contributed by atoms with Crippen LogP contribution >= 0.6 is 22.6 Å². The Hall–Kier alpha value is -3.26. The summed E-state index contributed by atoms with van der Waals surface area (Å²) in [5, 5.41) is 3.97. The van der Waals surface area contributed by atoms with E-state index in [2.05, 4.69) is 33.1 Å². The average Bonchev–Trinajstić information content (AvgIpc) is 2.74. The number of hydrogen-bond acceptors (Lipinski definition) is 4. The lowest BCUT2D eigenvalue weighted by atomic mass is 10.2. The van der Waals surface area contributed by atoms with E-state index < -0.39 is 5.97 Å². The quantitative estimate of drug-likeness (QED) is 0.135. The van der Waals surface area contributed by atoms with Crippen LogP contribution in [0.5, 0.6) is 5.75 Å². The average molecular weight is 496 g/mol. The van der Waals surface area contributed by atoms with Crippen molar-refractivity contribution in [1.82, 2.24) is 5.43 Å². The first-order valence-corrected chi connectivity index (χ1v) is 9.82. The van der Waals surface area contributed by atoms with Gasteiger partial charge in [-0.2, -0.15) is 5.10 Å². The van der Waals surface area contributed by atoms with Gasteiger partial charge in [-0.25, -0.2) is 10.2 Å². The van der Waals surface area contributed by atoms with E-state index in [4.69, 9.17) is 4.74 Å². The smallest absolute Gasteiger partial charge is 0.336 e. The van der Waals surface area contributed by atoms with Gasteiger partial charge in [0.2, 0.25) is 0 Å². The zero-order chi connectivity index (χ0) is 20.5. The molecule has 3 aromatic rings. The highest BCUT2D eigenvalue weighted by atomic mass is 127. The summed E-state index contributed by atoms with van der Waals surface area (Å²) in [7, 11) is 0. The van der Waals surface area contributed by atoms with Gasteiger partial charge < -0.3 is 4.74 Å². The van der Waals surface area contributed by atoms with Gasteiger partial charge in [0.25, 0.3) is 5.91 Å². The molecule has 3 rings (SSSR count). The van der Waals surface area contributed by atoms with Crippen molar-refractivity contribution in [3.63, 3.8) is 0 Å². The topological polar surface area (TPSA) is 67.8 Å². The standard InChI is InChI=1S/C23H17IN2O3/c24-21-9-5-4-8-20(21)23(28)26-25-16-18-10-13-19(14-11-18)29-22(27)15-12-17-6-2-1-3-7-17/h1-16H,(H,26,28)/b15-12+,25-16+. The summed E-state index contributed by atoms with van der Waals surface area (Å²) >= 11 is 2.10. The fourth-order valence-corrected chi connectivity index (χ4v) is 3.00. The maximum atomic E-state index is 12.1. The number of carbonyl (C=O) groups excluding carboxylic acids is 2. The molecule has 1 amide bonds. The number of esters is 1. The second-order valence-corrected chi connectivity index (χ2v) is 7.08. The number of rotatable bonds is 6. The molecule has 0 atom stereocenters. The minimum atomic E-state index is -0.458. The van der Waals surface area contributed by atoms with E-state index in [0.717, 1.165) is 14.7 Å². The molecule has 6 heteroatoms. The summed E-state index contributed by atoms with van der Waals surface area (Å²) in [6.07, 6.45) is 4.60. The molecule has 0 fully saturated rings. The summed E-state index contributed by atoms with van der Waals surface area (Å²) in [5.41, 5.74) is 4.74. The van der Waals surface area contributed by atoms with E-state index in [1.807, 2.05) is 42.5 Å². The summed E-state index contributed by atoms with van der Waals surface area (Å²) in [6.45, 7) is 0. The van der Waals surface area contributed by atoms with Crippen molar-refractivity contribution >= 4 is 46.8 Å². The predicted octanol–water partition coefficient (Wildman–Crippen LogP) is 4.67. The van der Waals surface area contributed by atoms with Crippen LogP contribution in [0, 0.1) is 3.57 Å². The van der Waals surface area contributed by atoms with Crippen molar-refractivity contribution in [3.8, 4) is 5.75 Å². The molecule has 0 aliphatic carbocycles. The lowest BCUT2D eigenvalue weighted by Crippen LogP contribution is -2.18. The highest BCUT2D eigenvalue weighted by Crippen LogP contribution is 2.13. The molecule has 0 aromatic heterocycles. The van der Waals surface area contributed by atoms with E-state index in [-0.39, 0.29) is 5.91 Å². The molecule has 0 heterocycles. The van der Waals surface area contributed by atoms with Crippen molar-refractivity contribution in [3.05, 3.63) is 105 Å². The lowest BCUT2D eigenvalue weighted by Gasteiger charge is -2.03. The maximum Gasteiger partial charge on any atom is 0.336 e. The number of benzene rings is 3. The van der Waals surface area contributed by atoms with Crippen LogP contribution in [-0.2, 0) is 4.79 Å². The molecule has 29 heavy (non-hydrogen) atoms. The molecule has 0 spiro atoms. The molecule has 144 valence electrons. The molecule has 0 aliphatic rings. The molecular weight excluding hydrogens is 479 g/mol. The molecule has 3 aromatic carbocycles. The summed E-state index contributed by atoms with van der Waals surface area (Å²) in [5.74, 6) is -0.310. The summed E-state index contributed by atoms with van der Waals surface area (Å²) in [4.78, 5) is 24.0. The van der Waals surface area contributed by atoms with Crippen molar-refractivity contribution in [1.29, 1.82) is 0 Å². The molecule has 0 aliphatic heterocycles. The van der Waals surface area contributed by atoms with Gasteiger partial charge in [-0.05, 0) is 76.2 Å². The summed E-state index contributed by atoms with van der Waals surface area (Å²) in [6, 6.07) is 23.6. The highest BCUT2D eigenvalue weighted by Gasteiger charge is 2.07.